The number of hydrogen-bond acceptors (Lipinski definition) is 5. The molecule has 0 bridgehead atoms. The summed E-state index contributed by atoms with van der Waals surface area (Å²) in [7, 11) is 0. The molecular weight excluding hydrogens is 228 g/mol. The number of anilines is 1. The number of aliphatic hydroxyl groups is 1. The first-order valence-electron chi connectivity index (χ1n) is 4.92. The van der Waals surface area contributed by atoms with E-state index in [2.05, 4.69) is 5.32 Å². The van der Waals surface area contributed by atoms with Crippen molar-refractivity contribution in [1.82, 2.24) is 0 Å². The third-order valence-electron chi connectivity index (χ3n) is 2.01. The Labute approximate surface area is 96.8 Å². The van der Waals surface area contributed by atoms with Crippen molar-refractivity contribution in [3.05, 3.63) is 28.3 Å². The van der Waals surface area contributed by atoms with Crippen molar-refractivity contribution in [2.24, 2.45) is 0 Å². The van der Waals surface area contributed by atoms with Gasteiger partial charge in [0, 0.05) is 13.0 Å². The third-order valence-corrected chi connectivity index (χ3v) is 2.01. The molecule has 0 radical (unpaired) electrons. The van der Waals surface area contributed by atoms with E-state index in [0.29, 0.717) is 0 Å². The Bertz CT molecular complexity index is 433. The summed E-state index contributed by atoms with van der Waals surface area (Å²) >= 11 is 0. The molecule has 0 unspecified atom stereocenters. The zero-order chi connectivity index (χ0) is 12.8. The minimum absolute atomic E-state index is 0.0238. The van der Waals surface area contributed by atoms with Gasteiger partial charge in [-0.3, -0.25) is 14.9 Å². The van der Waals surface area contributed by atoms with E-state index in [9.17, 15) is 14.9 Å². The van der Waals surface area contributed by atoms with Gasteiger partial charge < -0.3 is 15.5 Å². The van der Waals surface area contributed by atoms with Gasteiger partial charge >= 0.3 is 0 Å². The standard InChI is InChI=1S/C10H12N2O5/c13-5-1-2-10(15)11-8-4-3-7(14)6-9(8)12(16)17/h3-4,6,13-14H,1-2,5H2,(H,11,15). The van der Waals surface area contributed by atoms with E-state index in [4.69, 9.17) is 10.2 Å². The summed E-state index contributed by atoms with van der Waals surface area (Å²) in [5, 5.41) is 30.7. The van der Waals surface area contributed by atoms with Crippen molar-refractivity contribution < 1.29 is 19.9 Å². The smallest absolute Gasteiger partial charge is 0.296 e. The number of carbonyl (C=O) groups excluding carboxylic acids is 1. The van der Waals surface area contributed by atoms with Crippen LogP contribution in [0.1, 0.15) is 12.8 Å². The minimum Gasteiger partial charge on any atom is -0.508 e. The summed E-state index contributed by atoms with van der Waals surface area (Å²) in [6.07, 6.45) is 0.367. The highest BCUT2D eigenvalue weighted by Gasteiger charge is 2.16. The van der Waals surface area contributed by atoms with E-state index in [0.717, 1.165) is 6.07 Å². The minimum atomic E-state index is -0.693. The van der Waals surface area contributed by atoms with Crippen LogP contribution in [-0.4, -0.2) is 27.7 Å². The number of phenolic OH excluding ortho intramolecular Hbond substituents is 1. The van der Waals surface area contributed by atoms with E-state index in [1.165, 1.54) is 12.1 Å². The molecule has 0 spiro atoms. The number of nitro groups is 1. The van der Waals surface area contributed by atoms with Gasteiger partial charge in [0.25, 0.3) is 5.69 Å². The van der Waals surface area contributed by atoms with Crippen molar-refractivity contribution in [3.63, 3.8) is 0 Å². The van der Waals surface area contributed by atoms with Gasteiger partial charge in [-0.15, -0.1) is 0 Å². The van der Waals surface area contributed by atoms with Crippen molar-refractivity contribution in [3.8, 4) is 5.75 Å². The highest BCUT2D eigenvalue weighted by molar-refractivity contribution is 5.93. The van der Waals surface area contributed by atoms with Crippen LogP contribution in [0.2, 0.25) is 0 Å². The van der Waals surface area contributed by atoms with Crippen LogP contribution in [0.5, 0.6) is 5.75 Å². The molecule has 17 heavy (non-hydrogen) atoms. The van der Waals surface area contributed by atoms with Gasteiger partial charge in [-0.2, -0.15) is 0 Å². The molecule has 3 N–H and O–H groups in total. The fourth-order valence-corrected chi connectivity index (χ4v) is 1.23. The molecule has 92 valence electrons. The molecule has 1 amide bonds. The maximum Gasteiger partial charge on any atom is 0.296 e. The highest BCUT2D eigenvalue weighted by atomic mass is 16.6. The first-order chi connectivity index (χ1) is 8.04. The van der Waals surface area contributed by atoms with Crippen molar-refractivity contribution >= 4 is 17.3 Å². The van der Waals surface area contributed by atoms with E-state index in [1.54, 1.807) is 0 Å². The van der Waals surface area contributed by atoms with Gasteiger partial charge in [0.1, 0.15) is 11.4 Å². The maximum atomic E-state index is 11.3. The fraction of sp³-hybridized carbons (Fsp3) is 0.300. The Balaban J connectivity index is 2.83. The number of nitro benzene ring substituents is 1. The molecule has 0 aliphatic rings. The number of amides is 1. The van der Waals surface area contributed by atoms with Crippen LogP contribution in [0.15, 0.2) is 18.2 Å². The van der Waals surface area contributed by atoms with Crippen LogP contribution < -0.4 is 5.32 Å². The fourth-order valence-electron chi connectivity index (χ4n) is 1.23. The van der Waals surface area contributed by atoms with Gasteiger partial charge in [0.15, 0.2) is 0 Å². The quantitative estimate of drug-likeness (QED) is 0.404. The molecule has 0 saturated carbocycles. The van der Waals surface area contributed by atoms with Crippen LogP contribution >= 0.6 is 0 Å². The third kappa shape index (κ3) is 3.72. The summed E-state index contributed by atoms with van der Waals surface area (Å²) in [4.78, 5) is 21.3. The van der Waals surface area contributed by atoms with Crippen LogP contribution in [-0.2, 0) is 4.79 Å². The van der Waals surface area contributed by atoms with Crippen molar-refractivity contribution in [2.45, 2.75) is 12.8 Å². The number of benzene rings is 1. The van der Waals surface area contributed by atoms with Crippen LogP contribution in [0.25, 0.3) is 0 Å². The molecule has 1 aromatic carbocycles. The molecule has 0 aliphatic carbocycles. The molecule has 1 aromatic rings. The zero-order valence-electron chi connectivity index (χ0n) is 8.92. The number of aliphatic hydroxyl groups excluding tert-OH is 1. The molecule has 0 fully saturated rings. The number of phenols is 1. The topological polar surface area (TPSA) is 113 Å². The van der Waals surface area contributed by atoms with Crippen LogP contribution in [0, 0.1) is 10.1 Å². The summed E-state index contributed by atoms with van der Waals surface area (Å²) in [5.74, 6) is -0.669. The Kier molecular flexibility index (Phi) is 4.41. The van der Waals surface area contributed by atoms with E-state index in [-0.39, 0.29) is 36.6 Å². The van der Waals surface area contributed by atoms with Gasteiger partial charge in [-0.05, 0) is 18.6 Å². The normalized spacial score (nSPS) is 9.94. The predicted molar refractivity (Wildman–Crippen MR) is 59.7 cm³/mol. The number of carbonyl (C=O) groups is 1. The lowest BCUT2D eigenvalue weighted by Crippen LogP contribution is -2.12. The number of nitrogens with one attached hydrogen (secondary N) is 1. The lowest BCUT2D eigenvalue weighted by Gasteiger charge is -2.05. The Morgan fingerprint density at radius 3 is 2.76 bits per heavy atom. The number of hydrogen-bond donors (Lipinski definition) is 3. The SMILES string of the molecule is O=C(CCCO)Nc1ccc(O)cc1[N+](=O)[O-]. The molecule has 1 rings (SSSR count). The monoisotopic (exact) mass is 240 g/mol. The molecule has 0 atom stereocenters. The molecule has 0 aromatic heterocycles. The van der Waals surface area contributed by atoms with Gasteiger partial charge in [-0.25, -0.2) is 0 Å². The van der Waals surface area contributed by atoms with Crippen LogP contribution in [0.3, 0.4) is 0 Å². The van der Waals surface area contributed by atoms with Crippen molar-refractivity contribution in [1.29, 1.82) is 0 Å². The second-order valence-corrected chi connectivity index (χ2v) is 3.33. The molecule has 0 saturated heterocycles. The summed E-state index contributed by atoms with van der Waals surface area (Å²) in [6.45, 7) is -0.120. The van der Waals surface area contributed by atoms with Crippen molar-refractivity contribution in [2.75, 3.05) is 11.9 Å². The van der Waals surface area contributed by atoms with Gasteiger partial charge in [0.2, 0.25) is 5.91 Å². The molecule has 7 nitrogen and oxygen atoms in total. The van der Waals surface area contributed by atoms with Crippen LogP contribution in [0.4, 0.5) is 11.4 Å². The summed E-state index contributed by atoms with van der Waals surface area (Å²) in [5.41, 5.74) is -0.349. The van der Waals surface area contributed by atoms with E-state index >= 15 is 0 Å². The number of rotatable bonds is 5. The molecule has 0 aliphatic heterocycles. The van der Waals surface area contributed by atoms with Gasteiger partial charge in [-0.1, -0.05) is 0 Å². The largest absolute Gasteiger partial charge is 0.508 e. The predicted octanol–water partition coefficient (Wildman–Crippen LogP) is 1.01. The highest BCUT2D eigenvalue weighted by Crippen LogP contribution is 2.28. The van der Waals surface area contributed by atoms with E-state index in [1.807, 2.05) is 0 Å². The van der Waals surface area contributed by atoms with E-state index < -0.39 is 10.8 Å². The first kappa shape index (κ1) is 12.9. The zero-order valence-corrected chi connectivity index (χ0v) is 8.92. The second kappa shape index (κ2) is 5.80. The molecule has 0 heterocycles. The number of nitrogens with zero attached hydrogens (tertiary/aromatic N) is 1. The average molecular weight is 240 g/mol. The first-order valence-corrected chi connectivity index (χ1v) is 4.92. The summed E-state index contributed by atoms with van der Waals surface area (Å²) in [6, 6.07) is 3.46. The summed E-state index contributed by atoms with van der Waals surface area (Å²) < 4.78 is 0. The lowest BCUT2D eigenvalue weighted by atomic mass is 10.2. The lowest BCUT2D eigenvalue weighted by molar-refractivity contribution is -0.384. The van der Waals surface area contributed by atoms with Gasteiger partial charge in [0.05, 0.1) is 11.0 Å². The second-order valence-electron chi connectivity index (χ2n) is 3.33. The Morgan fingerprint density at radius 2 is 2.18 bits per heavy atom. The Hall–Kier alpha value is -2.15. The number of aromatic hydroxyl groups is 1. The Morgan fingerprint density at radius 1 is 1.47 bits per heavy atom. The molecule has 7 heteroatoms. The maximum absolute atomic E-state index is 11.3. The molecular formula is C10H12N2O5. The average Bonchev–Trinajstić information content (AvgIpc) is 2.28.